The third-order valence-electron chi connectivity index (χ3n) is 8.05. The predicted molar refractivity (Wildman–Crippen MR) is 197 cm³/mol. The minimum Gasteiger partial charge on any atom is -0.480 e. The summed E-state index contributed by atoms with van der Waals surface area (Å²) >= 11 is 0. The summed E-state index contributed by atoms with van der Waals surface area (Å²) in [7, 11) is 0. The van der Waals surface area contributed by atoms with Crippen LogP contribution in [-0.2, 0) is 44.8 Å². The van der Waals surface area contributed by atoms with Crippen molar-refractivity contribution in [3.05, 3.63) is 35.9 Å². The molecule has 1 aromatic rings. The summed E-state index contributed by atoms with van der Waals surface area (Å²) in [6.07, 6.45) is -0.894. The number of aliphatic carboxylic acids is 1. The summed E-state index contributed by atoms with van der Waals surface area (Å²) < 4.78 is 0. The van der Waals surface area contributed by atoms with Crippen LogP contribution in [0.4, 0.5) is 0 Å². The van der Waals surface area contributed by atoms with E-state index in [-0.39, 0.29) is 38.0 Å². The van der Waals surface area contributed by atoms with Crippen LogP contribution in [0.3, 0.4) is 0 Å². The number of benzene rings is 1. The number of aliphatic hydroxyl groups is 1. The number of nitrogens with one attached hydrogen (secondary N) is 6. The second kappa shape index (κ2) is 24.2. The van der Waals surface area contributed by atoms with Crippen molar-refractivity contribution in [1.29, 1.82) is 0 Å². The summed E-state index contributed by atoms with van der Waals surface area (Å²) in [5.74, 6) is -7.14. The van der Waals surface area contributed by atoms with E-state index in [9.17, 15) is 48.6 Å². The molecule has 0 aromatic heterocycles. The van der Waals surface area contributed by atoms with Gasteiger partial charge in [0.2, 0.25) is 41.4 Å². The Kier molecular flexibility index (Phi) is 21.0. The molecular formula is C35H57N9O10. The molecule has 302 valence electrons. The van der Waals surface area contributed by atoms with Gasteiger partial charge in [0.1, 0.15) is 30.2 Å². The minimum atomic E-state index is -1.64. The highest BCUT2D eigenvalue weighted by Gasteiger charge is 2.33. The molecule has 0 radical (unpaired) electrons. The quantitative estimate of drug-likeness (QED) is 0.0445. The van der Waals surface area contributed by atoms with Gasteiger partial charge in [-0.3, -0.25) is 33.6 Å². The first-order chi connectivity index (χ1) is 25.4. The standard InChI is InChI=1S/C35H57N9O10/c1-19(2)16-25(32(50)42-24(35(53)54)12-8-9-15-36)40-28(47)18-39-31(49)23(13-14-27(38)46)41-34(52)29(21(4)45)44-33(51)26(43-30(48)20(3)37)17-22-10-6-5-7-11-22/h5-7,10-11,19-21,23-26,29,45H,8-9,12-18,36-37H2,1-4H3,(H2,38,46)(H,39,49)(H,40,47)(H,41,52)(H,42,50)(H,43,48)(H,44,51)(H,53,54)/t20-,21+,23-,24-,25-,26-,29-/m0/s1. The number of carbonyl (C=O) groups is 8. The molecule has 0 bridgehead atoms. The second-order valence-corrected chi connectivity index (χ2v) is 13.5. The number of unbranched alkanes of at least 4 members (excludes halogenated alkanes) is 1. The molecule has 0 aliphatic heterocycles. The lowest BCUT2D eigenvalue weighted by Crippen LogP contribution is -2.61. The molecule has 0 aliphatic carbocycles. The molecule has 14 N–H and O–H groups in total. The molecule has 19 nitrogen and oxygen atoms in total. The minimum absolute atomic E-state index is 0.0135. The van der Waals surface area contributed by atoms with Crippen LogP contribution in [-0.4, -0.2) is 113 Å². The van der Waals surface area contributed by atoms with Crippen LogP contribution in [0.15, 0.2) is 30.3 Å². The molecular weight excluding hydrogens is 706 g/mol. The van der Waals surface area contributed by atoms with Gasteiger partial charge in [0, 0.05) is 12.8 Å². The monoisotopic (exact) mass is 763 g/mol. The van der Waals surface area contributed by atoms with Crippen LogP contribution in [0.1, 0.15) is 71.8 Å². The first-order valence-corrected chi connectivity index (χ1v) is 17.8. The largest absolute Gasteiger partial charge is 0.480 e. The van der Waals surface area contributed by atoms with Gasteiger partial charge in [-0.05, 0) is 64.0 Å². The van der Waals surface area contributed by atoms with Gasteiger partial charge in [-0.15, -0.1) is 0 Å². The number of rotatable bonds is 25. The third-order valence-corrected chi connectivity index (χ3v) is 8.05. The van der Waals surface area contributed by atoms with Crippen molar-refractivity contribution in [2.45, 2.75) is 115 Å². The highest BCUT2D eigenvalue weighted by Crippen LogP contribution is 2.09. The summed E-state index contributed by atoms with van der Waals surface area (Å²) in [4.78, 5) is 102. The van der Waals surface area contributed by atoms with E-state index >= 15 is 0 Å². The summed E-state index contributed by atoms with van der Waals surface area (Å²) in [5.41, 5.74) is 17.1. The molecule has 0 unspecified atom stereocenters. The number of hydrogen-bond acceptors (Lipinski definition) is 11. The Morgan fingerprint density at radius 3 is 1.83 bits per heavy atom. The van der Waals surface area contributed by atoms with Gasteiger partial charge in [0.15, 0.2) is 0 Å². The van der Waals surface area contributed by atoms with Crippen molar-refractivity contribution >= 4 is 47.3 Å². The van der Waals surface area contributed by atoms with Crippen LogP contribution < -0.4 is 49.1 Å². The maximum atomic E-state index is 13.4. The second-order valence-electron chi connectivity index (χ2n) is 13.5. The first kappa shape index (κ1) is 46.9. The molecule has 0 fully saturated rings. The van der Waals surface area contributed by atoms with Crippen LogP contribution >= 0.6 is 0 Å². The summed E-state index contributed by atoms with van der Waals surface area (Å²) in [5, 5.41) is 34.6. The normalized spacial score (nSPS) is 14.9. The SMILES string of the molecule is CC(C)C[C@H](NC(=O)CNC(=O)[C@H](CCC(N)=O)NC(=O)[C@@H](NC(=O)[C@H](Cc1ccccc1)NC(=O)[C@H](C)N)[C@@H](C)O)C(=O)N[C@@H](CCCCN)C(=O)O. The maximum absolute atomic E-state index is 13.4. The molecule has 7 atom stereocenters. The third kappa shape index (κ3) is 18.1. The summed E-state index contributed by atoms with van der Waals surface area (Å²) in [6.45, 7) is 5.89. The van der Waals surface area contributed by atoms with Gasteiger partial charge >= 0.3 is 5.97 Å². The number of amides is 7. The fourth-order valence-corrected chi connectivity index (χ4v) is 5.10. The highest BCUT2D eigenvalue weighted by atomic mass is 16.4. The van der Waals surface area contributed by atoms with E-state index in [1.165, 1.54) is 13.8 Å². The molecule has 54 heavy (non-hydrogen) atoms. The topological polar surface area (TPSA) is 327 Å². The van der Waals surface area contributed by atoms with Crippen molar-refractivity contribution in [2.75, 3.05) is 13.1 Å². The van der Waals surface area contributed by atoms with Gasteiger partial charge in [-0.1, -0.05) is 44.2 Å². The molecule has 7 amide bonds. The number of hydrogen-bond donors (Lipinski definition) is 11. The van der Waals surface area contributed by atoms with Crippen molar-refractivity contribution in [3.8, 4) is 0 Å². The fourth-order valence-electron chi connectivity index (χ4n) is 5.10. The average Bonchev–Trinajstić information content (AvgIpc) is 3.09. The Morgan fingerprint density at radius 1 is 0.704 bits per heavy atom. The molecule has 1 aromatic carbocycles. The fraction of sp³-hybridized carbons (Fsp3) is 0.600. The van der Waals surface area contributed by atoms with E-state index in [0.29, 0.717) is 24.9 Å². The molecule has 0 saturated heterocycles. The van der Waals surface area contributed by atoms with E-state index in [4.69, 9.17) is 17.2 Å². The molecule has 0 heterocycles. The lowest BCUT2D eigenvalue weighted by Gasteiger charge is -2.27. The van der Waals surface area contributed by atoms with Crippen molar-refractivity contribution < 1.29 is 48.6 Å². The summed E-state index contributed by atoms with van der Waals surface area (Å²) in [6, 6.07) is 1.03. The Hall–Kier alpha value is -5.14. The lowest BCUT2D eigenvalue weighted by molar-refractivity contribution is -0.142. The number of carboxylic acids is 1. The van der Waals surface area contributed by atoms with Gasteiger partial charge in [0.05, 0.1) is 18.7 Å². The van der Waals surface area contributed by atoms with Crippen LogP contribution in [0.5, 0.6) is 0 Å². The highest BCUT2D eigenvalue weighted by molar-refractivity contribution is 5.96. The number of nitrogens with two attached hydrogens (primary N) is 3. The molecule has 0 saturated carbocycles. The van der Waals surface area contributed by atoms with Gasteiger partial charge in [-0.2, -0.15) is 0 Å². The van der Waals surface area contributed by atoms with E-state index in [0.717, 1.165) is 0 Å². The molecule has 19 heteroatoms. The zero-order chi connectivity index (χ0) is 41.0. The number of aliphatic hydroxyl groups excluding tert-OH is 1. The van der Waals surface area contributed by atoms with Crippen molar-refractivity contribution in [2.24, 2.45) is 23.1 Å². The van der Waals surface area contributed by atoms with Crippen LogP contribution in [0, 0.1) is 5.92 Å². The Labute approximate surface area is 314 Å². The number of carboxylic acid groups (broad SMARTS) is 1. The Balaban J connectivity index is 3.08. The predicted octanol–water partition coefficient (Wildman–Crippen LogP) is -2.98. The van der Waals surface area contributed by atoms with Crippen molar-refractivity contribution in [3.63, 3.8) is 0 Å². The van der Waals surface area contributed by atoms with Crippen LogP contribution in [0.25, 0.3) is 0 Å². The molecule has 1 rings (SSSR count). The number of primary amides is 1. The zero-order valence-electron chi connectivity index (χ0n) is 31.3. The molecule has 0 aliphatic rings. The lowest BCUT2D eigenvalue weighted by atomic mass is 10.0. The zero-order valence-corrected chi connectivity index (χ0v) is 31.3. The van der Waals surface area contributed by atoms with Gasteiger partial charge in [-0.25, -0.2) is 4.79 Å². The maximum Gasteiger partial charge on any atom is 0.326 e. The first-order valence-electron chi connectivity index (χ1n) is 17.8. The van der Waals surface area contributed by atoms with E-state index in [1.54, 1.807) is 44.2 Å². The average molecular weight is 764 g/mol. The van der Waals surface area contributed by atoms with E-state index in [1.807, 2.05) is 0 Å². The Morgan fingerprint density at radius 2 is 1.30 bits per heavy atom. The van der Waals surface area contributed by atoms with E-state index in [2.05, 4.69) is 31.9 Å². The van der Waals surface area contributed by atoms with Gasteiger partial charge in [0.25, 0.3) is 0 Å². The smallest absolute Gasteiger partial charge is 0.326 e. The van der Waals surface area contributed by atoms with Gasteiger partial charge < -0.3 is 59.3 Å². The molecule has 0 spiro atoms. The Bertz CT molecular complexity index is 1430. The van der Waals surface area contributed by atoms with Crippen molar-refractivity contribution in [1.82, 2.24) is 31.9 Å². The van der Waals surface area contributed by atoms with Crippen LogP contribution in [0.2, 0.25) is 0 Å². The number of carbonyl (C=O) groups excluding carboxylic acids is 7. The van der Waals surface area contributed by atoms with E-state index < -0.39 is 96.2 Å².